The van der Waals surface area contributed by atoms with Gasteiger partial charge in [0, 0.05) is 61.0 Å². The summed E-state index contributed by atoms with van der Waals surface area (Å²) in [6, 6.07) is 6.99. The van der Waals surface area contributed by atoms with E-state index in [9.17, 15) is 8.42 Å². The van der Waals surface area contributed by atoms with Crippen molar-refractivity contribution >= 4 is 16.0 Å². The molecular weight excluding hydrogens is 366 g/mol. The van der Waals surface area contributed by atoms with E-state index < -0.39 is 10.0 Å². The van der Waals surface area contributed by atoms with Crippen molar-refractivity contribution in [2.75, 3.05) is 61.5 Å². The van der Waals surface area contributed by atoms with Gasteiger partial charge in [0.25, 0.3) is 0 Å². The summed E-state index contributed by atoms with van der Waals surface area (Å²) in [4.78, 5) is 6.72. The number of nitrogens with zero attached hydrogens (tertiary/aromatic N) is 3. The third-order valence-corrected chi connectivity index (χ3v) is 5.99. The number of rotatable bonds is 11. The fraction of sp³-hybridized carbons (Fsp3) is 0.611. The summed E-state index contributed by atoms with van der Waals surface area (Å²) < 4.78 is 31.2. The third-order valence-electron chi connectivity index (χ3n) is 4.08. The van der Waals surface area contributed by atoms with E-state index in [1.165, 1.54) is 18.4 Å². The minimum Gasteiger partial charge on any atom is -0.385 e. The zero-order valence-electron chi connectivity index (χ0n) is 17.0. The van der Waals surface area contributed by atoms with Crippen molar-refractivity contribution in [1.82, 2.24) is 19.8 Å². The van der Waals surface area contributed by atoms with Crippen molar-refractivity contribution in [2.24, 2.45) is 4.99 Å². The fourth-order valence-electron chi connectivity index (χ4n) is 2.45. The fourth-order valence-corrected chi connectivity index (χ4v) is 3.57. The quantitative estimate of drug-likeness (QED) is 0.321. The van der Waals surface area contributed by atoms with Crippen LogP contribution in [0.4, 0.5) is 0 Å². The first-order chi connectivity index (χ1) is 12.8. The van der Waals surface area contributed by atoms with E-state index in [0.29, 0.717) is 23.0 Å². The Kier molecular flexibility index (Phi) is 10.3. The highest BCUT2D eigenvalue weighted by atomic mass is 32.2. The normalized spacial score (nSPS) is 12.6. The molecule has 0 heterocycles. The molecular formula is C18H33N5O3S. The summed E-state index contributed by atoms with van der Waals surface area (Å²) in [6.45, 7) is 3.71. The number of hydrogen-bond acceptors (Lipinski definition) is 5. The molecule has 1 aromatic rings. The van der Waals surface area contributed by atoms with Crippen LogP contribution in [0, 0.1) is 0 Å². The zero-order valence-corrected chi connectivity index (χ0v) is 17.8. The van der Waals surface area contributed by atoms with Gasteiger partial charge in [-0.1, -0.05) is 18.2 Å². The smallest absolute Gasteiger partial charge is 0.242 e. The lowest BCUT2D eigenvalue weighted by Crippen LogP contribution is -2.41. The van der Waals surface area contributed by atoms with Gasteiger partial charge in [-0.3, -0.25) is 4.99 Å². The van der Waals surface area contributed by atoms with Gasteiger partial charge in [-0.25, -0.2) is 12.7 Å². The van der Waals surface area contributed by atoms with Gasteiger partial charge >= 0.3 is 0 Å². The minimum absolute atomic E-state index is 0.302. The second-order valence-electron chi connectivity index (χ2n) is 6.40. The maximum atomic E-state index is 12.5. The number of sulfonamides is 1. The average Bonchev–Trinajstić information content (AvgIpc) is 2.64. The molecule has 154 valence electrons. The molecule has 1 aromatic carbocycles. The molecule has 0 saturated heterocycles. The van der Waals surface area contributed by atoms with Gasteiger partial charge in [-0.05, 0) is 25.1 Å². The van der Waals surface area contributed by atoms with E-state index in [2.05, 4.69) is 27.6 Å². The molecule has 0 aliphatic heterocycles. The Balaban J connectivity index is 2.57. The highest BCUT2D eigenvalue weighted by Gasteiger charge is 2.20. The molecule has 0 atom stereocenters. The second kappa shape index (κ2) is 11.9. The number of benzene rings is 1. The van der Waals surface area contributed by atoms with Crippen LogP contribution in [-0.2, 0) is 21.3 Å². The Morgan fingerprint density at radius 2 is 1.85 bits per heavy atom. The standard InChI is InChI=1S/C18H33N5O3S/c1-19-18(20-11-13-23(4)12-8-14-26-5)21-15-16-9-6-7-10-17(16)27(24,25)22(2)3/h6-7,9-10H,8,11-15H2,1-5H3,(H2,19,20,21). The van der Waals surface area contributed by atoms with Crippen LogP contribution in [0.15, 0.2) is 34.2 Å². The van der Waals surface area contributed by atoms with Gasteiger partial charge in [-0.15, -0.1) is 0 Å². The predicted octanol–water partition coefficient (Wildman–Crippen LogP) is 0.570. The molecule has 0 aromatic heterocycles. The molecule has 27 heavy (non-hydrogen) atoms. The average molecular weight is 400 g/mol. The predicted molar refractivity (Wildman–Crippen MR) is 110 cm³/mol. The van der Waals surface area contributed by atoms with Crippen molar-refractivity contribution < 1.29 is 13.2 Å². The number of hydrogen-bond donors (Lipinski definition) is 2. The third kappa shape index (κ3) is 7.84. The maximum Gasteiger partial charge on any atom is 0.242 e. The summed E-state index contributed by atoms with van der Waals surface area (Å²) in [7, 11) is 5.04. The molecule has 0 fully saturated rings. The van der Waals surface area contributed by atoms with Crippen molar-refractivity contribution in [3.05, 3.63) is 29.8 Å². The lowest BCUT2D eigenvalue weighted by atomic mass is 10.2. The first kappa shape index (κ1) is 23.4. The number of ether oxygens (including phenoxy) is 1. The van der Waals surface area contributed by atoms with E-state index >= 15 is 0 Å². The van der Waals surface area contributed by atoms with E-state index in [4.69, 9.17) is 4.74 Å². The van der Waals surface area contributed by atoms with Crippen LogP contribution in [0.5, 0.6) is 0 Å². The van der Waals surface area contributed by atoms with Gasteiger partial charge in [-0.2, -0.15) is 0 Å². The highest BCUT2D eigenvalue weighted by Crippen LogP contribution is 2.18. The molecule has 1 rings (SSSR count). The Hall–Kier alpha value is -1.68. The number of methoxy groups -OCH3 is 1. The Morgan fingerprint density at radius 3 is 2.48 bits per heavy atom. The minimum atomic E-state index is -3.49. The van der Waals surface area contributed by atoms with Crippen LogP contribution in [0.3, 0.4) is 0 Å². The lowest BCUT2D eigenvalue weighted by molar-refractivity contribution is 0.180. The number of guanidine groups is 1. The summed E-state index contributed by atoms with van der Waals surface area (Å²) in [5.74, 6) is 0.636. The molecule has 0 aliphatic rings. The Morgan fingerprint density at radius 1 is 1.15 bits per heavy atom. The molecule has 2 N–H and O–H groups in total. The Bertz CT molecular complexity index is 692. The summed E-state index contributed by atoms with van der Waals surface area (Å²) >= 11 is 0. The van der Waals surface area contributed by atoms with E-state index in [1.807, 2.05) is 6.07 Å². The molecule has 0 saturated carbocycles. The first-order valence-electron chi connectivity index (χ1n) is 8.95. The molecule has 0 spiro atoms. The number of likely N-dealkylation sites (N-methyl/N-ethyl adjacent to an activating group) is 1. The van der Waals surface area contributed by atoms with Crippen LogP contribution in [0.1, 0.15) is 12.0 Å². The van der Waals surface area contributed by atoms with Gasteiger partial charge in [0.15, 0.2) is 5.96 Å². The largest absolute Gasteiger partial charge is 0.385 e. The maximum absolute atomic E-state index is 12.5. The topological polar surface area (TPSA) is 86.3 Å². The zero-order chi connectivity index (χ0) is 20.3. The van der Waals surface area contributed by atoms with Gasteiger partial charge in [0.1, 0.15) is 0 Å². The van der Waals surface area contributed by atoms with Gasteiger partial charge in [0.05, 0.1) is 4.90 Å². The van der Waals surface area contributed by atoms with Crippen LogP contribution in [0.2, 0.25) is 0 Å². The van der Waals surface area contributed by atoms with Crippen molar-refractivity contribution in [2.45, 2.75) is 17.9 Å². The molecule has 0 bridgehead atoms. The van der Waals surface area contributed by atoms with Crippen molar-refractivity contribution in [3.8, 4) is 0 Å². The lowest BCUT2D eigenvalue weighted by Gasteiger charge is -2.19. The molecule has 0 unspecified atom stereocenters. The highest BCUT2D eigenvalue weighted by molar-refractivity contribution is 7.89. The molecule has 0 aliphatic carbocycles. The molecule has 0 radical (unpaired) electrons. The number of nitrogens with one attached hydrogen (secondary N) is 2. The first-order valence-corrected chi connectivity index (χ1v) is 10.4. The van der Waals surface area contributed by atoms with Crippen LogP contribution < -0.4 is 10.6 Å². The monoisotopic (exact) mass is 399 g/mol. The SMILES string of the molecule is CN=C(NCCN(C)CCCOC)NCc1ccccc1S(=O)(=O)N(C)C. The van der Waals surface area contributed by atoms with E-state index in [0.717, 1.165) is 32.7 Å². The van der Waals surface area contributed by atoms with E-state index in [-0.39, 0.29) is 0 Å². The summed E-state index contributed by atoms with van der Waals surface area (Å²) in [5.41, 5.74) is 0.700. The number of aliphatic imine (C=N–C) groups is 1. The van der Waals surface area contributed by atoms with Crippen molar-refractivity contribution in [1.29, 1.82) is 0 Å². The van der Waals surface area contributed by atoms with Crippen LogP contribution in [-0.4, -0.2) is 85.1 Å². The van der Waals surface area contributed by atoms with Crippen molar-refractivity contribution in [3.63, 3.8) is 0 Å². The molecule has 0 amide bonds. The van der Waals surface area contributed by atoms with E-state index in [1.54, 1.807) is 32.4 Å². The summed E-state index contributed by atoms with van der Waals surface area (Å²) in [5, 5.41) is 6.43. The molecule has 8 nitrogen and oxygen atoms in total. The van der Waals surface area contributed by atoms with Crippen LogP contribution in [0.25, 0.3) is 0 Å². The van der Waals surface area contributed by atoms with Gasteiger partial charge < -0.3 is 20.3 Å². The second-order valence-corrected chi connectivity index (χ2v) is 8.52. The Labute approximate surface area is 163 Å². The summed E-state index contributed by atoms with van der Waals surface area (Å²) in [6.07, 6.45) is 0.997. The van der Waals surface area contributed by atoms with Gasteiger partial charge in [0.2, 0.25) is 10.0 Å². The van der Waals surface area contributed by atoms with Crippen LogP contribution >= 0.6 is 0 Å². The molecule has 9 heteroatoms.